The number of rotatable bonds is 8. The van der Waals surface area contributed by atoms with Crippen molar-refractivity contribution in [3.8, 4) is 11.5 Å². The molecule has 1 saturated heterocycles. The maximum absolute atomic E-state index is 13.1. The van der Waals surface area contributed by atoms with Gasteiger partial charge in [0.05, 0.1) is 28.3 Å². The first kappa shape index (κ1) is 28.1. The molecule has 0 saturated carbocycles. The summed E-state index contributed by atoms with van der Waals surface area (Å²) in [5.74, 6) is -1.18. The summed E-state index contributed by atoms with van der Waals surface area (Å²) >= 11 is 6.95. The maximum atomic E-state index is 13.1. The molecule has 3 amide bonds. The Hall–Kier alpha value is -3.96. The van der Waals surface area contributed by atoms with Crippen molar-refractivity contribution in [2.45, 2.75) is 12.8 Å². The summed E-state index contributed by atoms with van der Waals surface area (Å²) < 4.78 is 50.0. The Morgan fingerprint density at radius 3 is 2.44 bits per heavy atom. The molecule has 1 aliphatic heterocycles. The van der Waals surface area contributed by atoms with Gasteiger partial charge in [0.15, 0.2) is 0 Å². The first-order valence-electron chi connectivity index (χ1n) is 11.3. The number of hydrogen-bond acceptors (Lipinski definition) is 6. The van der Waals surface area contributed by atoms with Gasteiger partial charge in [-0.3, -0.25) is 19.3 Å². The minimum Gasteiger partial charge on any atom is -0.495 e. The van der Waals surface area contributed by atoms with Crippen LogP contribution in [-0.2, 0) is 22.4 Å². The van der Waals surface area contributed by atoms with Crippen LogP contribution < -0.4 is 14.8 Å². The van der Waals surface area contributed by atoms with Gasteiger partial charge in [-0.15, -0.1) is 0 Å². The number of imide groups is 1. The van der Waals surface area contributed by atoms with Gasteiger partial charge in [-0.25, -0.2) is 0 Å². The predicted molar refractivity (Wildman–Crippen MR) is 142 cm³/mol. The third-order valence-corrected chi connectivity index (χ3v) is 6.67. The van der Waals surface area contributed by atoms with E-state index >= 15 is 0 Å². The number of halogens is 4. The van der Waals surface area contributed by atoms with Gasteiger partial charge in [0.25, 0.3) is 11.1 Å². The number of nitrogens with zero attached hydrogens (tertiary/aromatic N) is 1. The van der Waals surface area contributed by atoms with Gasteiger partial charge in [-0.05, 0) is 59.3 Å². The SMILES string of the molecule is COc1ccc(C(F)(F)F)cc1NC(=O)CN1C(=O)S/C(=C\c2ccc(OCc3ccccc3)c(Cl)c2)C1=O. The summed E-state index contributed by atoms with van der Waals surface area (Å²) in [6.45, 7) is -0.387. The number of carbonyl (C=O) groups excluding carboxylic acids is 3. The second-order valence-electron chi connectivity index (χ2n) is 8.19. The highest BCUT2D eigenvalue weighted by Gasteiger charge is 2.37. The fourth-order valence-corrected chi connectivity index (χ4v) is 4.64. The smallest absolute Gasteiger partial charge is 0.416 e. The average molecular weight is 577 g/mol. The van der Waals surface area contributed by atoms with Crippen LogP contribution in [0.3, 0.4) is 0 Å². The Morgan fingerprint density at radius 1 is 1.05 bits per heavy atom. The number of alkyl halides is 3. The van der Waals surface area contributed by atoms with Gasteiger partial charge in [0.1, 0.15) is 24.7 Å². The standard InChI is InChI=1S/C27H20ClF3N2O5S/c1-37-22-10-8-18(27(29,30)31)13-20(22)32-24(34)14-33-25(35)23(39-26(33)36)12-17-7-9-21(19(28)11-17)38-15-16-5-3-2-4-6-16/h2-13H,14-15H2,1H3,(H,32,34)/b23-12-. The van der Waals surface area contributed by atoms with E-state index in [0.717, 1.165) is 17.7 Å². The van der Waals surface area contributed by atoms with Gasteiger partial charge in [0, 0.05) is 0 Å². The number of benzene rings is 3. The van der Waals surface area contributed by atoms with Crippen molar-refractivity contribution in [1.29, 1.82) is 0 Å². The molecule has 3 aromatic carbocycles. The average Bonchev–Trinajstić information content (AvgIpc) is 3.15. The second kappa shape index (κ2) is 11.8. The van der Waals surface area contributed by atoms with Gasteiger partial charge in [-0.1, -0.05) is 48.0 Å². The van der Waals surface area contributed by atoms with E-state index in [2.05, 4.69) is 5.32 Å². The number of ether oxygens (including phenoxy) is 2. The lowest BCUT2D eigenvalue weighted by Crippen LogP contribution is -2.36. The molecule has 1 heterocycles. The number of methoxy groups -OCH3 is 1. The van der Waals surface area contributed by atoms with Crippen LogP contribution in [0, 0.1) is 0 Å². The molecule has 3 aromatic rings. The van der Waals surface area contributed by atoms with E-state index in [1.165, 1.54) is 13.2 Å². The third kappa shape index (κ3) is 6.92. The molecule has 0 bridgehead atoms. The third-order valence-electron chi connectivity index (χ3n) is 5.47. The van der Waals surface area contributed by atoms with Crippen molar-refractivity contribution in [2.75, 3.05) is 19.0 Å². The molecule has 7 nitrogen and oxygen atoms in total. The van der Waals surface area contributed by atoms with Crippen molar-refractivity contribution in [2.24, 2.45) is 0 Å². The maximum Gasteiger partial charge on any atom is 0.416 e. The number of thioether (sulfide) groups is 1. The van der Waals surface area contributed by atoms with Crippen LogP contribution in [0.1, 0.15) is 16.7 Å². The van der Waals surface area contributed by atoms with Crippen molar-refractivity contribution in [3.63, 3.8) is 0 Å². The highest BCUT2D eigenvalue weighted by atomic mass is 35.5. The molecule has 0 unspecified atom stereocenters. The van der Waals surface area contributed by atoms with Crippen LogP contribution in [0.15, 0.2) is 71.6 Å². The lowest BCUT2D eigenvalue weighted by atomic mass is 10.1. The van der Waals surface area contributed by atoms with Crippen LogP contribution in [0.5, 0.6) is 11.5 Å². The number of amides is 3. The Kier molecular flexibility index (Phi) is 8.51. The van der Waals surface area contributed by atoms with E-state index < -0.39 is 35.3 Å². The lowest BCUT2D eigenvalue weighted by molar-refractivity contribution is -0.137. The van der Waals surface area contributed by atoms with Crippen LogP contribution in [0.25, 0.3) is 6.08 Å². The Bertz CT molecular complexity index is 1450. The Labute approximate surface area is 230 Å². The first-order valence-corrected chi connectivity index (χ1v) is 12.5. The lowest BCUT2D eigenvalue weighted by Gasteiger charge is -2.16. The summed E-state index contributed by atoms with van der Waals surface area (Å²) in [6.07, 6.45) is -3.19. The molecular weight excluding hydrogens is 557 g/mol. The number of nitrogens with one attached hydrogen (secondary N) is 1. The molecule has 1 aliphatic rings. The highest BCUT2D eigenvalue weighted by Crippen LogP contribution is 2.36. The Balaban J connectivity index is 1.42. The monoisotopic (exact) mass is 576 g/mol. The Morgan fingerprint density at radius 2 is 1.77 bits per heavy atom. The molecule has 202 valence electrons. The van der Waals surface area contributed by atoms with Crippen LogP contribution in [0.4, 0.5) is 23.7 Å². The van der Waals surface area contributed by atoms with Crippen molar-refractivity contribution in [3.05, 3.63) is 93.3 Å². The van der Waals surface area contributed by atoms with Gasteiger partial charge in [0.2, 0.25) is 5.91 Å². The fraction of sp³-hybridized carbons (Fsp3) is 0.148. The second-order valence-corrected chi connectivity index (χ2v) is 9.59. The minimum absolute atomic E-state index is 0.0153. The molecule has 39 heavy (non-hydrogen) atoms. The van der Waals surface area contributed by atoms with Crippen molar-refractivity contribution >= 4 is 52.2 Å². The van der Waals surface area contributed by atoms with E-state index in [9.17, 15) is 27.6 Å². The molecule has 1 fully saturated rings. The summed E-state index contributed by atoms with van der Waals surface area (Å²) in [6, 6.07) is 16.9. The van der Waals surface area contributed by atoms with E-state index in [1.807, 2.05) is 30.3 Å². The van der Waals surface area contributed by atoms with Crippen LogP contribution >= 0.6 is 23.4 Å². The molecule has 0 aromatic heterocycles. The number of hydrogen-bond donors (Lipinski definition) is 1. The van der Waals surface area contributed by atoms with E-state index in [4.69, 9.17) is 21.1 Å². The quantitative estimate of drug-likeness (QED) is 0.303. The molecule has 1 N–H and O–H groups in total. The summed E-state index contributed by atoms with van der Waals surface area (Å²) in [4.78, 5) is 38.6. The largest absolute Gasteiger partial charge is 0.495 e. The van der Waals surface area contributed by atoms with Crippen molar-refractivity contribution in [1.82, 2.24) is 4.90 Å². The summed E-state index contributed by atoms with van der Waals surface area (Å²) in [7, 11) is 1.23. The van der Waals surface area contributed by atoms with Crippen molar-refractivity contribution < 1.29 is 37.0 Å². The summed E-state index contributed by atoms with van der Waals surface area (Å²) in [5.41, 5.74) is 0.240. The number of carbonyl (C=O) groups is 3. The summed E-state index contributed by atoms with van der Waals surface area (Å²) in [5, 5.41) is 1.87. The van der Waals surface area contributed by atoms with Gasteiger partial charge >= 0.3 is 6.18 Å². The first-order chi connectivity index (χ1) is 18.5. The molecule has 0 atom stereocenters. The van der Waals surface area contributed by atoms with Crippen LogP contribution in [-0.4, -0.2) is 35.6 Å². The molecule has 0 aliphatic carbocycles. The number of anilines is 1. The topological polar surface area (TPSA) is 84.9 Å². The molecule has 12 heteroatoms. The molecule has 0 radical (unpaired) electrons. The highest BCUT2D eigenvalue weighted by molar-refractivity contribution is 8.18. The van der Waals surface area contributed by atoms with Crippen LogP contribution in [0.2, 0.25) is 5.02 Å². The normalized spacial score (nSPS) is 14.6. The van der Waals surface area contributed by atoms with E-state index in [0.29, 0.717) is 45.7 Å². The van der Waals surface area contributed by atoms with Gasteiger partial charge in [-0.2, -0.15) is 13.2 Å². The van der Waals surface area contributed by atoms with Gasteiger partial charge < -0.3 is 14.8 Å². The zero-order chi connectivity index (χ0) is 28.2. The molecular formula is C27H20ClF3N2O5S. The predicted octanol–water partition coefficient (Wildman–Crippen LogP) is 6.62. The molecule has 0 spiro atoms. The van der Waals surface area contributed by atoms with E-state index in [1.54, 1.807) is 18.2 Å². The fourth-order valence-electron chi connectivity index (χ4n) is 3.56. The zero-order valence-electron chi connectivity index (χ0n) is 20.3. The minimum atomic E-state index is -4.64. The zero-order valence-corrected chi connectivity index (χ0v) is 21.8. The molecule has 4 rings (SSSR count). The van der Waals surface area contributed by atoms with E-state index in [-0.39, 0.29) is 16.3 Å².